The van der Waals surface area contributed by atoms with Crippen molar-refractivity contribution in [3.05, 3.63) is 33.9 Å². The molecule has 0 aliphatic rings. The fraction of sp³-hybridized carbons (Fsp3) is 0.385. The number of hydrogen-bond donors (Lipinski definition) is 1. The third kappa shape index (κ3) is 4.16. The van der Waals surface area contributed by atoms with Crippen LogP contribution in [0.3, 0.4) is 0 Å². The lowest BCUT2D eigenvalue weighted by Crippen LogP contribution is -2.34. The third-order valence-corrected chi connectivity index (χ3v) is 2.45. The van der Waals surface area contributed by atoms with Crippen molar-refractivity contribution >= 4 is 23.4 Å². The van der Waals surface area contributed by atoms with Gasteiger partial charge in [-0.3, -0.25) is 15.0 Å². The second kappa shape index (κ2) is 5.78. The van der Waals surface area contributed by atoms with Crippen LogP contribution in [0.2, 0.25) is 0 Å². The van der Waals surface area contributed by atoms with Crippen molar-refractivity contribution in [3.8, 4) is 0 Å². The number of carboxylic acids is 1. The average Bonchev–Trinajstić information content (AvgIpc) is 2.34. The smallest absolute Gasteiger partial charge is 0.414 e. The molecule has 114 valence electrons. The molecule has 0 radical (unpaired) electrons. The maximum atomic E-state index is 11.9. The van der Waals surface area contributed by atoms with Gasteiger partial charge in [0.15, 0.2) is 0 Å². The lowest BCUT2D eigenvalue weighted by Gasteiger charge is -2.24. The number of hydrogen-bond acceptors (Lipinski definition) is 5. The van der Waals surface area contributed by atoms with E-state index in [2.05, 4.69) is 0 Å². The molecule has 0 heterocycles. The number of nitro benzene ring substituents is 1. The van der Waals surface area contributed by atoms with Gasteiger partial charge < -0.3 is 9.84 Å². The molecule has 21 heavy (non-hydrogen) atoms. The van der Waals surface area contributed by atoms with Gasteiger partial charge in [-0.2, -0.15) is 0 Å². The van der Waals surface area contributed by atoms with Gasteiger partial charge in [-0.25, -0.2) is 9.59 Å². The van der Waals surface area contributed by atoms with E-state index in [1.54, 1.807) is 20.8 Å². The highest BCUT2D eigenvalue weighted by Gasteiger charge is 2.26. The molecule has 1 aromatic rings. The Hall–Kier alpha value is -2.64. The third-order valence-electron chi connectivity index (χ3n) is 2.45. The molecule has 0 bridgehead atoms. The maximum Gasteiger partial charge on any atom is 0.414 e. The van der Waals surface area contributed by atoms with Gasteiger partial charge in [0, 0.05) is 13.1 Å². The number of aromatic carboxylic acids is 1. The highest BCUT2D eigenvalue weighted by molar-refractivity contribution is 5.94. The zero-order valence-electron chi connectivity index (χ0n) is 12.1. The first-order chi connectivity index (χ1) is 9.53. The van der Waals surface area contributed by atoms with Crippen LogP contribution in [0.25, 0.3) is 0 Å². The molecule has 0 spiro atoms. The Morgan fingerprint density at radius 1 is 1.33 bits per heavy atom. The number of nitrogens with zero attached hydrogens (tertiary/aromatic N) is 2. The number of rotatable bonds is 3. The molecule has 0 aliphatic carbocycles. The fourth-order valence-corrected chi connectivity index (χ4v) is 1.52. The van der Waals surface area contributed by atoms with Gasteiger partial charge in [0.2, 0.25) is 0 Å². The Bertz CT molecular complexity index is 591. The summed E-state index contributed by atoms with van der Waals surface area (Å²) in [6, 6.07) is 3.29. The van der Waals surface area contributed by atoms with Gasteiger partial charge in [-0.05, 0) is 32.9 Å². The molecular formula is C13H16N2O6. The van der Waals surface area contributed by atoms with Crippen molar-refractivity contribution in [2.75, 3.05) is 11.9 Å². The summed E-state index contributed by atoms with van der Waals surface area (Å²) in [5.41, 5.74) is -1.51. The lowest BCUT2D eigenvalue weighted by atomic mass is 10.1. The Labute approximate surface area is 121 Å². The van der Waals surface area contributed by atoms with Crippen LogP contribution < -0.4 is 4.90 Å². The molecule has 0 saturated heterocycles. The summed E-state index contributed by atoms with van der Waals surface area (Å²) < 4.78 is 5.11. The van der Waals surface area contributed by atoms with Crippen LogP contribution in [0.4, 0.5) is 16.2 Å². The number of anilines is 1. The van der Waals surface area contributed by atoms with E-state index in [1.807, 2.05) is 0 Å². The fourth-order valence-electron chi connectivity index (χ4n) is 1.52. The first-order valence-electron chi connectivity index (χ1n) is 6.01. The molecule has 1 N–H and O–H groups in total. The number of amides is 1. The lowest BCUT2D eigenvalue weighted by molar-refractivity contribution is -0.384. The topological polar surface area (TPSA) is 110 Å². The summed E-state index contributed by atoms with van der Waals surface area (Å²) in [5, 5.41) is 19.9. The molecule has 0 saturated carbocycles. The van der Waals surface area contributed by atoms with Crippen LogP contribution in [0, 0.1) is 10.1 Å². The van der Waals surface area contributed by atoms with E-state index in [-0.39, 0.29) is 11.3 Å². The molecule has 0 aromatic heterocycles. The summed E-state index contributed by atoms with van der Waals surface area (Å²) >= 11 is 0. The minimum absolute atomic E-state index is 0.0424. The Morgan fingerprint density at radius 3 is 2.33 bits per heavy atom. The summed E-state index contributed by atoms with van der Waals surface area (Å²) in [6.45, 7) is 5.00. The molecule has 8 nitrogen and oxygen atoms in total. The highest BCUT2D eigenvalue weighted by Crippen LogP contribution is 2.29. The summed E-state index contributed by atoms with van der Waals surface area (Å²) in [4.78, 5) is 34.0. The standard InChI is InChI=1S/C13H16N2O6/c1-13(2,3)21-12(18)14(4)9-6-5-8(11(16)17)7-10(9)15(19)20/h5-7H,1-4H3,(H,16,17). The SMILES string of the molecule is CN(C(=O)OC(C)(C)C)c1ccc(C(=O)O)cc1[N+](=O)[O-]. The van der Waals surface area contributed by atoms with Gasteiger partial charge in [-0.15, -0.1) is 0 Å². The van der Waals surface area contributed by atoms with Gasteiger partial charge in [0.25, 0.3) is 5.69 Å². The van der Waals surface area contributed by atoms with Crippen molar-refractivity contribution < 1.29 is 24.4 Å². The van der Waals surface area contributed by atoms with E-state index in [0.29, 0.717) is 0 Å². The number of nitro groups is 1. The summed E-state index contributed by atoms with van der Waals surface area (Å²) in [6.07, 6.45) is -0.770. The van der Waals surface area contributed by atoms with Gasteiger partial charge in [0.1, 0.15) is 11.3 Å². The Balaban J connectivity index is 3.20. The van der Waals surface area contributed by atoms with Crippen LogP contribution in [0.1, 0.15) is 31.1 Å². The van der Waals surface area contributed by atoms with E-state index in [0.717, 1.165) is 11.0 Å². The van der Waals surface area contributed by atoms with Crippen molar-refractivity contribution in [2.45, 2.75) is 26.4 Å². The van der Waals surface area contributed by atoms with Crippen molar-refractivity contribution in [1.82, 2.24) is 0 Å². The minimum Gasteiger partial charge on any atom is -0.478 e. The van der Waals surface area contributed by atoms with E-state index in [1.165, 1.54) is 19.2 Å². The zero-order valence-corrected chi connectivity index (χ0v) is 12.1. The largest absolute Gasteiger partial charge is 0.478 e. The number of carbonyl (C=O) groups is 2. The van der Waals surface area contributed by atoms with Crippen LogP contribution in [0.5, 0.6) is 0 Å². The van der Waals surface area contributed by atoms with Gasteiger partial charge in [-0.1, -0.05) is 0 Å². The first-order valence-corrected chi connectivity index (χ1v) is 6.01. The van der Waals surface area contributed by atoms with Crippen LogP contribution >= 0.6 is 0 Å². The highest BCUT2D eigenvalue weighted by atomic mass is 16.6. The predicted octanol–water partition coefficient (Wildman–Crippen LogP) is 2.66. The normalized spacial score (nSPS) is 10.9. The molecule has 0 fully saturated rings. The Kier molecular flexibility index (Phi) is 4.52. The predicted molar refractivity (Wildman–Crippen MR) is 74.7 cm³/mol. The zero-order chi connectivity index (χ0) is 16.4. The minimum atomic E-state index is -1.29. The molecule has 1 rings (SSSR count). The molecule has 1 aromatic carbocycles. The monoisotopic (exact) mass is 296 g/mol. The molecule has 8 heteroatoms. The molecule has 1 amide bonds. The summed E-state index contributed by atoms with van der Waals surface area (Å²) in [7, 11) is 1.32. The first kappa shape index (κ1) is 16.4. The van der Waals surface area contributed by atoms with Crippen molar-refractivity contribution in [3.63, 3.8) is 0 Å². The van der Waals surface area contributed by atoms with E-state index in [9.17, 15) is 19.7 Å². The maximum absolute atomic E-state index is 11.9. The number of carbonyl (C=O) groups excluding carboxylic acids is 1. The number of carboxylic acid groups (broad SMARTS) is 1. The van der Waals surface area contributed by atoms with E-state index < -0.39 is 28.3 Å². The van der Waals surface area contributed by atoms with E-state index in [4.69, 9.17) is 9.84 Å². The quantitative estimate of drug-likeness (QED) is 0.678. The van der Waals surface area contributed by atoms with Crippen LogP contribution in [0.15, 0.2) is 18.2 Å². The second-order valence-corrected chi connectivity index (χ2v) is 5.31. The van der Waals surface area contributed by atoms with Gasteiger partial charge in [0.05, 0.1) is 10.5 Å². The average molecular weight is 296 g/mol. The molecule has 0 unspecified atom stereocenters. The second-order valence-electron chi connectivity index (χ2n) is 5.31. The Morgan fingerprint density at radius 2 is 1.90 bits per heavy atom. The van der Waals surface area contributed by atoms with Crippen LogP contribution in [-0.2, 0) is 4.74 Å². The molecular weight excluding hydrogens is 280 g/mol. The summed E-state index contributed by atoms with van der Waals surface area (Å²) in [5.74, 6) is -1.29. The number of ether oxygens (including phenoxy) is 1. The van der Waals surface area contributed by atoms with Crippen molar-refractivity contribution in [2.24, 2.45) is 0 Å². The molecule has 0 atom stereocenters. The van der Waals surface area contributed by atoms with E-state index >= 15 is 0 Å². The molecule has 0 aliphatic heterocycles. The van der Waals surface area contributed by atoms with Crippen LogP contribution in [-0.4, -0.2) is 34.7 Å². The van der Waals surface area contributed by atoms with Gasteiger partial charge >= 0.3 is 12.1 Å². The van der Waals surface area contributed by atoms with Crippen molar-refractivity contribution in [1.29, 1.82) is 0 Å². The number of benzene rings is 1.